The molecule has 2 aromatic heterocycles. The van der Waals surface area contributed by atoms with Crippen LogP contribution in [0.3, 0.4) is 0 Å². The van der Waals surface area contributed by atoms with Crippen LogP contribution in [-0.2, 0) is 0 Å². The van der Waals surface area contributed by atoms with Crippen molar-refractivity contribution in [2.45, 2.75) is 10.1 Å². The fourth-order valence-corrected chi connectivity index (χ4v) is 4.18. The van der Waals surface area contributed by atoms with Gasteiger partial charge in [0.05, 0.1) is 12.8 Å². The average molecular weight is 434 g/mol. The lowest BCUT2D eigenvalue weighted by molar-refractivity contribution is 0.311. The van der Waals surface area contributed by atoms with Gasteiger partial charge >= 0.3 is 0 Å². The van der Waals surface area contributed by atoms with Gasteiger partial charge in [0, 0.05) is 36.6 Å². The Morgan fingerprint density at radius 2 is 1.81 bits per heavy atom. The van der Waals surface area contributed by atoms with E-state index in [0.717, 1.165) is 48.2 Å². The zero-order valence-corrected chi connectivity index (χ0v) is 18.0. The molecule has 0 saturated carbocycles. The summed E-state index contributed by atoms with van der Waals surface area (Å²) >= 11 is 1.53. The van der Waals surface area contributed by atoms with Crippen LogP contribution in [0, 0.1) is 0 Å². The van der Waals surface area contributed by atoms with Crippen LogP contribution in [0.4, 0.5) is 11.9 Å². The molecule has 1 aromatic carbocycles. The second-order valence-electron chi connectivity index (χ2n) is 7.42. The third-order valence-electron chi connectivity index (χ3n) is 5.15. The predicted octanol–water partition coefficient (Wildman–Crippen LogP) is 3.28. The number of piperazine rings is 1. The van der Waals surface area contributed by atoms with Gasteiger partial charge in [-0.3, -0.25) is 4.99 Å². The SMILES string of the molecule is CN1CCN(c2nc(NC3=NCC(c4ccco4)=C3)nc(Sc3ccccc3)n2)CC1. The van der Waals surface area contributed by atoms with Crippen LogP contribution in [0.15, 0.2) is 74.3 Å². The molecular weight excluding hydrogens is 410 g/mol. The lowest BCUT2D eigenvalue weighted by Crippen LogP contribution is -2.45. The predicted molar refractivity (Wildman–Crippen MR) is 123 cm³/mol. The first-order valence-electron chi connectivity index (χ1n) is 10.2. The summed E-state index contributed by atoms with van der Waals surface area (Å²) in [5, 5.41) is 3.93. The second-order valence-corrected chi connectivity index (χ2v) is 8.46. The maximum atomic E-state index is 5.48. The normalized spacial score (nSPS) is 16.9. The second kappa shape index (κ2) is 8.91. The van der Waals surface area contributed by atoms with Crippen LogP contribution < -0.4 is 10.2 Å². The molecule has 4 heterocycles. The molecular formula is C22H23N7OS. The van der Waals surface area contributed by atoms with Crippen molar-refractivity contribution in [2.24, 2.45) is 4.99 Å². The molecule has 158 valence electrons. The van der Waals surface area contributed by atoms with Crippen molar-refractivity contribution in [1.82, 2.24) is 19.9 Å². The van der Waals surface area contributed by atoms with Crippen LogP contribution in [0.25, 0.3) is 5.57 Å². The Balaban J connectivity index is 1.40. The van der Waals surface area contributed by atoms with E-state index in [1.165, 1.54) is 11.8 Å². The van der Waals surface area contributed by atoms with Gasteiger partial charge in [-0.15, -0.1) is 0 Å². The highest BCUT2D eigenvalue weighted by molar-refractivity contribution is 7.99. The molecule has 9 heteroatoms. The van der Waals surface area contributed by atoms with Gasteiger partial charge in [0.1, 0.15) is 11.6 Å². The molecule has 31 heavy (non-hydrogen) atoms. The fourth-order valence-electron chi connectivity index (χ4n) is 3.42. The number of amidine groups is 1. The van der Waals surface area contributed by atoms with E-state index in [-0.39, 0.29) is 0 Å². The van der Waals surface area contributed by atoms with Gasteiger partial charge in [-0.2, -0.15) is 15.0 Å². The maximum Gasteiger partial charge on any atom is 0.234 e. The minimum Gasteiger partial charge on any atom is -0.465 e. The first kappa shape index (κ1) is 19.8. The minimum absolute atomic E-state index is 0.498. The Hall–Kier alpha value is -3.17. The Morgan fingerprint density at radius 3 is 2.58 bits per heavy atom. The van der Waals surface area contributed by atoms with Crippen molar-refractivity contribution in [2.75, 3.05) is 50.0 Å². The standard InChI is InChI=1S/C22H23N7OS/c1-28-9-11-29(12-10-28)21-25-20(26-22(27-21)31-17-6-3-2-4-7-17)24-19-14-16(15-23-19)18-8-5-13-30-18/h2-8,13-14H,9-12,15H2,1H3,(H,23,24,25,26,27). The summed E-state index contributed by atoms with van der Waals surface area (Å²) in [7, 11) is 2.13. The topological polar surface area (TPSA) is 82.7 Å². The summed E-state index contributed by atoms with van der Waals surface area (Å²) in [5.74, 6) is 2.74. The first-order chi connectivity index (χ1) is 15.2. The number of likely N-dealkylation sites (N-methyl/N-ethyl adjacent to an activating group) is 1. The van der Waals surface area contributed by atoms with Crippen molar-refractivity contribution in [3.05, 3.63) is 60.6 Å². The van der Waals surface area contributed by atoms with Crippen molar-refractivity contribution >= 4 is 35.1 Å². The number of nitrogens with zero attached hydrogens (tertiary/aromatic N) is 6. The number of benzene rings is 1. The summed E-state index contributed by atoms with van der Waals surface area (Å²) in [5.41, 5.74) is 1.03. The van der Waals surface area contributed by atoms with E-state index >= 15 is 0 Å². The molecule has 1 N–H and O–H groups in total. The number of aliphatic imine (C=N–C) groups is 1. The molecule has 0 radical (unpaired) electrons. The molecule has 1 fully saturated rings. The third-order valence-corrected chi connectivity index (χ3v) is 6.02. The van der Waals surface area contributed by atoms with E-state index in [1.807, 2.05) is 36.4 Å². The molecule has 8 nitrogen and oxygen atoms in total. The Bertz CT molecular complexity index is 1090. The van der Waals surface area contributed by atoms with Gasteiger partial charge in [-0.1, -0.05) is 18.2 Å². The van der Waals surface area contributed by atoms with E-state index in [1.54, 1.807) is 6.26 Å². The average Bonchev–Trinajstić information content (AvgIpc) is 3.47. The van der Waals surface area contributed by atoms with Gasteiger partial charge in [0.25, 0.3) is 0 Å². The molecule has 3 aromatic rings. The molecule has 2 aliphatic heterocycles. The number of aromatic nitrogens is 3. The number of nitrogens with one attached hydrogen (secondary N) is 1. The monoisotopic (exact) mass is 433 g/mol. The number of hydrogen-bond acceptors (Lipinski definition) is 9. The molecule has 0 amide bonds. The van der Waals surface area contributed by atoms with Gasteiger partial charge in [-0.05, 0) is 49.2 Å². The summed E-state index contributed by atoms with van der Waals surface area (Å²) in [6.07, 6.45) is 3.64. The van der Waals surface area contributed by atoms with Gasteiger partial charge < -0.3 is 19.5 Å². The minimum atomic E-state index is 0.498. The number of anilines is 2. The van der Waals surface area contributed by atoms with E-state index in [2.05, 4.69) is 44.3 Å². The Labute approximate surface area is 185 Å². The maximum absolute atomic E-state index is 5.48. The zero-order chi connectivity index (χ0) is 21.0. The molecule has 1 saturated heterocycles. The largest absolute Gasteiger partial charge is 0.465 e. The fraction of sp³-hybridized carbons (Fsp3) is 0.273. The molecule has 0 aliphatic carbocycles. The van der Waals surface area contributed by atoms with Crippen molar-refractivity contribution in [3.63, 3.8) is 0 Å². The van der Waals surface area contributed by atoms with Crippen LogP contribution >= 0.6 is 11.8 Å². The quantitative estimate of drug-likeness (QED) is 0.657. The van der Waals surface area contributed by atoms with E-state index in [4.69, 9.17) is 14.4 Å². The van der Waals surface area contributed by atoms with Crippen molar-refractivity contribution < 1.29 is 4.42 Å². The lowest BCUT2D eigenvalue weighted by Gasteiger charge is -2.32. The molecule has 0 atom stereocenters. The summed E-state index contributed by atoms with van der Waals surface area (Å²) in [6, 6.07) is 13.9. The molecule has 2 aliphatic rings. The number of hydrogen-bond donors (Lipinski definition) is 1. The third kappa shape index (κ3) is 4.78. The van der Waals surface area contributed by atoms with Crippen LogP contribution in [0.2, 0.25) is 0 Å². The van der Waals surface area contributed by atoms with Crippen LogP contribution in [0.5, 0.6) is 0 Å². The van der Waals surface area contributed by atoms with Crippen LogP contribution in [-0.4, -0.2) is 65.5 Å². The number of rotatable bonds is 5. The highest BCUT2D eigenvalue weighted by Gasteiger charge is 2.20. The summed E-state index contributed by atoms with van der Waals surface area (Å²) in [4.78, 5) is 24.3. The van der Waals surface area contributed by atoms with Gasteiger partial charge in [0.2, 0.25) is 11.9 Å². The lowest BCUT2D eigenvalue weighted by atomic mass is 10.2. The van der Waals surface area contributed by atoms with E-state index in [0.29, 0.717) is 23.6 Å². The Morgan fingerprint density at radius 1 is 0.968 bits per heavy atom. The van der Waals surface area contributed by atoms with Crippen molar-refractivity contribution in [1.29, 1.82) is 0 Å². The Kier molecular flexibility index (Phi) is 5.68. The van der Waals surface area contributed by atoms with Crippen LogP contribution in [0.1, 0.15) is 5.76 Å². The van der Waals surface area contributed by atoms with E-state index < -0.39 is 0 Å². The van der Waals surface area contributed by atoms with Gasteiger partial charge in [0.15, 0.2) is 5.16 Å². The molecule has 0 bridgehead atoms. The van der Waals surface area contributed by atoms with E-state index in [9.17, 15) is 0 Å². The number of furan rings is 1. The zero-order valence-electron chi connectivity index (χ0n) is 17.2. The molecule has 5 rings (SSSR count). The first-order valence-corrected chi connectivity index (χ1v) is 11.0. The van der Waals surface area contributed by atoms with Crippen molar-refractivity contribution in [3.8, 4) is 0 Å². The summed E-state index contributed by atoms with van der Waals surface area (Å²) < 4.78 is 5.48. The van der Waals surface area contributed by atoms with Gasteiger partial charge in [-0.25, -0.2) is 0 Å². The molecule has 0 spiro atoms. The highest BCUT2D eigenvalue weighted by Crippen LogP contribution is 2.27. The summed E-state index contributed by atoms with van der Waals surface area (Å²) in [6.45, 7) is 4.31. The molecule has 0 unspecified atom stereocenters. The smallest absolute Gasteiger partial charge is 0.234 e. The highest BCUT2D eigenvalue weighted by atomic mass is 32.2.